The van der Waals surface area contributed by atoms with Gasteiger partial charge in [-0.25, -0.2) is 9.78 Å². The standard InChI is InChI=1S/C28H24Cl2N4O3S.C2HF3O2/c29-19-2-5-24(23(14-19)28(36)34-26-6-3-20(30)15-32-26)33-27(35)22-4-1-17(18-9-12-38-16-18)13-25(22)37-21-7-10-31-11-8-21;3-2(4,5)1(6)7/h1-6,9,12-16,21,31H,7-8,10-11H2,(H,33,35)(H,32,34,36);(H,6,7). The van der Waals surface area contributed by atoms with Gasteiger partial charge in [-0.3, -0.25) is 9.59 Å². The molecule has 2 aromatic carbocycles. The minimum absolute atomic E-state index is 0.00395. The molecule has 9 nitrogen and oxygen atoms in total. The maximum absolute atomic E-state index is 13.5. The molecule has 0 unspecified atom stereocenters. The molecule has 0 saturated carbocycles. The highest BCUT2D eigenvalue weighted by atomic mass is 35.5. The van der Waals surface area contributed by atoms with Crippen molar-refractivity contribution in [2.24, 2.45) is 0 Å². The van der Waals surface area contributed by atoms with E-state index in [-0.39, 0.29) is 11.7 Å². The van der Waals surface area contributed by atoms with Gasteiger partial charge in [-0.05, 0) is 96.3 Å². The lowest BCUT2D eigenvalue weighted by Gasteiger charge is -2.25. The van der Waals surface area contributed by atoms with Gasteiger partial charge in [0.15, 0.2) is 0 Å². The Hall–Kier alpha value is -4.17. The third-order valence-corrected chi connectivity index (χ3v) is 7.49. The molecule has 0 aliphatic carbocycles. The van der Waals surface area contributed by atoms with Crippen molar-refractivity contribution in [1.82, 2.24) is 10.3 Å². The number of ether oxygens (including phenoxy) is 1. The Kier molecular flexibility index (Phi) is 11.4. The van der Waals surface area contributed by atoms with Crippen molar-refractivity contribution >= 4 is 63.8 Å². The summed E-state index contributed by atoms with van der Waals surface area (Å²) >= 11 is 13.7. The van der Waals surface area contributed by atoms with Crippen LogP contribution in [-0.4, -0.2) is 53.2 Å². The molecule has 4 N–H and O–H groups in total. The van der Waals surface area contributed by atoms with Crippen LogP contribution in [-0.2, 0) is 4.79 Å². The highest BCUT2D eigenvalue weighted by molar-refractivity contribution is 7.08. The minimum Gasteiger partial charge on any atom is -0.489 e. The number of carbonyl (C=O) groups is 3. The molecule has 1 aliphatic heterocycles. The topological polar surface area (TPSA) is 130 Å². The SMILES string of the molecule is O=C(Nc1ccc(Cl)cn1)c1cc(Cl)ccc1NC(=O)c1ccc(-c2ccsc2)cc1OC1CCNCC1.O=C(O)C(F)(F)F. The third kappa shape index (κ3) is 9.66. The van der Waals surface area contributed by atoms with Gasteiger partial charge in [-0.2, -0.15) is 24.5 Å². The first-order valence-corrected chi connectivity index (χ1v) is 15.0. The van der Waals surface area contributed by atoms with Crippen LogP contribution in [0.1, 0.15) is 33.6 Å². The fraction of sp³-hybridized carbons (Fsp3) is 0.200. The second-order valence-electron chi connectivity index (χ2n) is 9.55. The number of hydrogen-bond donors (Lipinski definition) is 4. The number of aliphatic carboxylic acids is 1. The Morgan fingerprint density at radius 2 is 1.60 bits per heavy atom. The summed E-state index contributed by atoms with van der Waals surface area (Å²) in [5, 5.41) is 20.9. The summed E-state index contributed by atoms with van der Waals surface area (Å²) in [5.41, 5.74) is 2.90. The Labute approximate surface area is 269 Å². The van der Waals surface area contributed by atoms with Crippen LogP contribution in [0.15, 0.2) is 71.6 Å². The van der Waals surface area contributed by atoms with Crippen molar-refractivity contribution < 1.29 is 37.4 Å². The van der Waals surface area contributed by atoms with Crippen LogP contribution in [0.5, 0.6) is 5.75 Å². The van der Waals surface area contributed by atoms with Crippen LogP contribution in [0.4, 0.5) is 24.7 Å². The van der Waals surface area contributed by atoms with Gasteiger partial charge < -0.3 is 25.8 Å². The molecule has 236 valence electrons. The average Bonchev–Trinajstić information content (AvgIpc) is 3.55. The van der Waals surface area contributed by atoms with Crippen LogP contribution in [0.25, 0.3) is 11.1 Å². The number of hydrogen-bond acceptors (Lipinski definition) is 7. The summed E-state index contributed by atoms with van der Waals surface area (Å²) < 4.78 is 38.1. The average molecular weight is 682 g/mol. The van der Waals surface area contributed by atoms with Gasteiger partial charge in [0.05, 0.1) is 21.8 Å². The molecule has 0 bridgehead atoms. The van der Waals surface area contributed by atoms with E-state index in [9.17, 15) is 22.8 Å². The number of aromatic nitrogens is 1. The van der Waals surface area contributed by atoms with Gasteiger partial charge >= 0.3 is 12.1 Å². The molecule has 4 aromatic rings. The molecule has 5 rings (SSSR count). The lowest BCUT2D eigenvalue weighted by atomic mass is 10.0. The number of halogens is 5. The van der Waals surface area contributed by atoms with Gasteiger partial charge in [0.1, 0.15) is 17.7 Å². The molecule has 2 amide bonds. The molecular formula is C30H25Cl2F3N4O5S. The van der Waals surface area contributed by atoms with Crippen molar-refractivity contribution in [3.05, 3.63) is 92.7 Å². The predicted octanol–water partition coefficient (Wildman–Crippen LogP) is 7.39. The van der Waals surface area contributed by atoms with Crippen LogP contribution in [0, 0.1) is 0 Å². The number of anilines is 2. The van der Waals surface area contributed by atoms with Crippen molar-refractivity contribution in [2.75, 3.05) is 23.7 Å². The Bertz CT molecular complexity index is 1650. The van der Waals surface area contributed by atoms with Gasteiger partial charge in [0.25, 0.3) is 11.8 Å². The van der Waals surface area contributed by atoms with Crippen LogP contribution >= 0.6 is 34.5 Å². The zero-order valence-corrected chi connectivity index (χ0v) is 25.5. The van der Waals surface area contributed by atoms with E-state index in [1.54, 1.807) is 41.7 Å². The molecule has 3 heterocycles. The van der Waals surface area contributed by atoms with Gasteiger partial charge in [-0.15, -0.1) is 0 Å². The van der Waals surface area contributed by atoms with E-state index in [4.69, 9.17) is 37.8 Å². The van der Waals surface area contributed by atoms with Gasteiger partial charge in [-0.1, -0.05) is 29.3 Å². The van der Waals surface area contributed by atoms with E-state index in [1.807, 2.05) is 23.6 Å². The lowest BCUT2D eigenvalue weighted by molar-refractivity contribution is -0.192. The third-order valence-electron chi connectivity index (χ3n) is 6.35. The van der Waals surface area contributed by atoms with E-state index in [0.717, 1.165) is 37.1 Å². The number of nitrogens with one attached hydrogen (secondary N) is 3. The summed E-state index contributed by atoms with van der Waals surface area (Å²) in [5.74, 6) is -2.81. The second kappa shape index (κ2) is 15.2. The number of alkyl halides is 3. The summed E-state index contributed by atoms with van der Waals surface area (Å²) in [6.45, 7) is 1.73. The fourth-order valence-electron chi connectivity index (χ4n) is 4.14. The maximum atomic E-state index is 13.5. The maximum Gasteiger partial charge on any atom is 0.490 e. The summed E-state index contributed by atoms with van der Waals surface area (Å²) in [6, 6.07) is 15.5. The number of amides is 2. The summed E-state index contributed by atoms with van der Waals surface area (Å²) in [7, 11) is 0. The van der Waals surface area contributed by atoms with Crippen LogP contribution in [0.2, 0.25) is 10.0 Å². The first-order chi connectivity index (χ1) is 21.4. The zero-order valence-electron chi connectivity index (χ0n) is 23.2. The monoisotopic (exact) mass is 680 g/mol. The molecule has 0 atom stereocenters. The number of carboxylic acids is 1. The van der Waals surface area contributed by atoms with Gasteiger partial charge in [0, 0.05) is 11.2 Å². The van der Waals surface area contributed by atoms with E-state index in [2.05, 4.69) is 26.3 Å². The molecule has 1 fully saturated rings. The number of pyridine rings is 1. The minimum atomic E-state index is -5.08. The van der Waals surface area contributed by atoms with E-state index in [1.165, 1.54) is 12.3 Å². The molecule has 1 aliphatic rings. The molecule has 0 radical (unpaired) electrons. The highest BCUT2D eigenvalue weighted by Gasteiger charge is 2.38. The van der Waals surface area contributed by atoms with Crippen LogP contribution < -0.4 is 20.7 Å². The van der Waals surface area contributed by atoms with E-state index >= 15 is 0 Å². The van der Waals surface area contributed by atoms with E-state index < -0.39 is 24.0 Å². The lowest BCUT2D eigenvalue weighted by Crippen LogP contribution is -2.34. The van der Waals surface area contributed by atoms with Crippen molar-refractivity contribution in [3.63, 3.8) is 0 Å². The fourth-order valence-corrected chi connectivity index (χ4v) is 5.09. The molecule has 45 heavy (non-hydrogen) atoms. The molecule has 1 saturated heterocycles. The molecule has 2 aromatic heterocycles. The number of piperidine rings is 1. The second-order valence-corrected chi connectivity index (χ2v) is 11.2. The van der Waals surface area contributed by atoms with E-state index in [0.29, 0.717) is 32.9 Å². The molecule has 15 heteroatoms. The highest BCUT2D eigenvalue weighted by Crippen LogP contribution is 2.32. The summed E-state index contributed by atoms with van der Waals surface area (Å²) in [6.07, 6.45) is -1.95. The van der Waals surface area contributed by atoms with Crippen LogP contribution in [0.3, 0.4) is 0 Å². The number of nitrogens with zero attached hydrogens (tertiary/aromatic N) is 1. The number of rotatable bonds is 7. The number of thiophene rings is 1. The predicted molar refractivity (Wildman–Crippen MR) is 167 cm³/mol. The Morgan fingerprint density at radius 3 is 2.22 bits per heavy atom. The van der Waals surface area contributed by atoms with Crippen molar-refractivity contribution in [3.8, 4) is 16.9 Å². The van der Waals surface area contributed by atoms with Crippen molar-refractivity contribution in [1.29, 1.82) is 0 Å². The normalized spacial score (nSPS) is 13.3. The Morgan fingerprint density at radius 1 is 0.911 bits per heavy atom. The largest absolute Gasteiger partial charge is 0.490 e. The first-order valence-electron chi connectivity index (χ1n) is 13.3. The first kappa shape index (κ1) is 33.7. The quantitative estimate of drug-likeness (QED) is 0.160. The smallest absolute Gasteiger partial charge is 0.489 e. The number of carboxylic acid groups (broad SMARTS) is 1. The number of benzene rings is 2. The summed E-state index contributed by atoms with van der Waals surface area (Å²) in [4.78, 5) is 39.6. The van der Waals surface area contributed by atoms with Gasteiger partial charge in [0.2, 0.25) is 0 Å². The van der Waals surface area contributed by atoms with Crippen molar-refractivity contribution in [2.45, 2.75) is 25.1 Å². The molecular weight excluding hydrogens is 656 g/mol. The molecule has 0 spiro atoms. The zero-order chi connectivity index (χ0) is 32.6. The Balaban J connectivity index is 0.000000591. The number of carbonyl (C=O) groups excluding carboxylic acids is 2.